The van der Waals surface area contributed by atoms with E-state index in [1.807, 2.05) is 48.7 Å². The average molecular weight is 464 g/mol. The van der Waals surface area contributed by atoms with Gasteiger partial charge in [-0.05, 0) is 54.1 Å². The van der Waals surface area contributed by atoms with Gasteiger partial charge in [-0.1, -0.05) is 53.7 Å². The van der Waals surface area contributed by atoms with E-state index < -0.39 is 0 Å². The molecule has 1 N–H and O–H groups in total. The number of thioether (sulfide) groups is 1. The van der Waals surface area contributed by atoms with E-state index in [4.69, 9.17) is 16.3 Å². The predicted molar refractivity (Wildman–Crippen MR) is 131 cm³/mol. The summed E-state index contributed by atoms with van der Waals surface area (Å²) in [6.45, 7) is 0.656. The molecule has 32 heavy (non-hydrogen) atoms. The lowest BCUT2D eigenvalue weighted by molar-refractivity contribution is -0.113. The van der Waals surface area contributed by atoms with Crippen LogP contribution in [0.2, 0.25) is 5.02 Å². The molecule has 0 aliphatic rings. The number of aromatic nitrogens is 2. The Morgan fingerprint density at radius 2 is 1.75 bits per heavy atom. The molecule has 0 aliphatic carbocycles. The van der Waals surface area contributed by atoms with E-state index in [0.29, 0.717) is 17.3 Å². The minimum atomic E-state index is -0.0995. The molecule has 0 fully saturated rings. The summed E-state index contributed by atoms with van der Waals surface area (Å²) >= 11 is 7.32. The van der Waals surface area contributed by atoms with Gasteiger partial charge in [0.25, 0.3) is 0 Å². The zero-order chi connectivity index (χ0) is 22.3. The number of rotatable bonds is 8. The van der Waals surface area contributed by atoms with Crippen LogP contribution in [0.5, 0.6) is 5.75 Å². The number of carbonyl (C=O) groups is 1. The highest BCUT2D eigenvalue weighted by atomic mass is 35.5. The van der Waals surface area contributed by atoms with Crippen molar-refractivity contribution in [3.8, 4) is 17.0 Å². The standard InChI is InChI=1S/C25H22ClN3O2S/c1-31-22-13-7-19(8-14-22)23-15-27-25(29(23)16-18-5-3-2-4-6-18)32-17-24(30)28-21-11-9-20(26)10-12-21/h2-15H,16-17H2,1H3,(H,28,30). The molecular formula is C25H22ClN3O2S. The van der Waals surface area contributed by atoms with E-state index in [2.05, 4.69) is 27.0 Å². The number of nitrogens with zero attached hydrogens (tertiary/aromatic N) is 2. The molecule has 5 nitrogen and oxygen atoms in total. The van der Waals surface area contributed by atoms with Gasteiger partial charge in [0, 0.05) is 16.3 Å². The molecule has 0 unspecified atom stereocenters. The summed E-state index contributed by atoms with van der Waals surface area (Å²) in [6, 6.07) is 25.2. The summed E-state index contributed by atoms with van der Waals surface area (Å²) in [5, 5.41) is 4.30. The van der Waals surface area contributed by atoms with Crippen LogP contribution < -0.4 is 10.1 Å². The van der Waals surface area contributed by atoms with Gasteiger partial charge in [0.2, 0.25) is 5.91 Å². The molecule has 1 amide bonds. The van der Waals surface area contributed by atoms with Crippen molar-refractivity contribution < 1.29 is 9.53 Å². The number of methoxy groups -OCH3 is 1. The Morgan fingerprint density at radius 1 is 1.03 bits per heavy atom. The number of benzene rings is 3. The van der Waals surface area contributed by atoms with Crippen LogP contribution in [0.4, 0.5) is 5.69 Å². The van der Waals surface area contributed by atoms with Gasteiger partial charge in [-0.25, -0.2) is 4.98 Å². The summed E-state index contributed by atoms with van der Waals surface area (Å²) in [6.07, 6.45) is 1.85. The van der Waals surface area contributed by atoms with Gasteiger partial charge in [0.05, 0.1) is 31.3 Å². The molecule has 0 saturated carbocycles. The van der Waals surface area contributed by atoms with E-state index in [1.54, 1.807) is 31.4 Å². The quantitative estimate of drug-likeness (QED) is 0.326. The molecule has 4 aromatic rings. The Bertz CT molecular complexity index is 1180. The van der Waals surface area contributed by atoms with Gasteiger partial charge in [-0.2, -0.15) is 0 Å². The number of amides is 1. The van der Waals surface area contributed by atoms with Crippen molar-refractivity contribution in [2.24, 2.45) is 0 Å². The van der Waals surface area contributed by atoms with Crippen LogP contribution in [0.15, 0.2) is 90.2 Å². The maximum atomic E-state index is 12.5. The van der Waals surface area contributed by atoms with Crippen LogP contribution in [-0.2, 0) is 11.3 Å². The lowest BCUT2D eigenvalue weighted by Gasteiger charge is -2.13. The van der Waals surface area contributed by atoms with Crippen LogP contribution in [0.3, 0.4) is 0 Å². The smallest absolute Gasteiger partial charge is 0.234 e. The summed E-state index contributed by atoms with van der Waals surface area (Å²) < 4.78 is 7.41. The number of nitrogens with one attached hydrogen (secondary N) is 1. The summed E-state index contributed by atoms with van der Waals surface area (Å²) in [5.41, 5.74) is 3.89. The van der Waals surface area contributed by atoms with Crippen molar-refractivity contribution in [3.05, 3.63) is 95.6 Å². The highest BCUT2D eigenvalue weighted by Crippen LogP contribution is 2.28. The van der Waals surface area contributed by atoms with E-state index in [-0.39, 0.29) is 11.7 Å². The van der Waals surface area contributed by atoms with E-state index in [1.165, 1.54) is 11.8 Å². The first-order chi connectivity index (χ1) is 15.6. The SMILES string of the molecule is COc1ccc(-c2cnc(SCC(=O)Nc3ccc(Cl)cc3)n2Cc2ccccc2)cc1. The van der Waals surface area contributed by atoms with Crippen molar-refractivity contribution in [1.29, 1.82) is 0 Å². The summed E-state index contributed by atoms with van der Waals surface area (Å²) in [5.74, 6) is 0.949. The van der Waals surface area contributed by atoms with Crippen molar-refractivity contribution >= 4 is 35.0 Å². The Labute approximate surface area is 196 Å². The van der Waals surface area contributed by atoms with Crippen LogP contribution >= 0.6 is 23.4 Å². The van der Waals surface area contributed by atoms with Gasteiger partial charge in [-0.3, -0.25) is 4.79 Å². The Balaban J connectivity index is 1.54. The fraction of sp³-hybridized carbons (Fsp3) is 0.120. The fourth-order valence-corrected chi connectivity index (χ4v) is 4.15. The first kappa shape index (κ1) is 22.0. The van der Waals surface area contributed by atoms with Gasteiger partial charge in [-0.15, -0.1) is 0 Å². The number of halogens is 1. The molecule has 3 aromatic carbocycles. The van der Waals surface area contributed by atoms with Crippen LogP contribution in [0, 0.1) is 0 Å². The molecule has 0 atom stereocenters. The first-order valence-corrected chi connectivity index (χ1v) is 11.4. The summed E-state index contributed by atoms with van der Waals surface area (Å²) in [4.78, 5) is 17.1. The van der Waals surface area contributed by atoms with Gasteiger partial charge in [0.1, 0.15) is 5.75 Å². The number of hydrogen-bond donors (Lipinski definition) is 1. The zero-order valence-electron chi connectivity index (χ0n) is 17.5. The van der Waals surface area contributed by atoms with E-state index in [0.717, 1.165) is 27.7 Å². The van der Waals surface area contributed by atoms with E-state index in [9.17, 15) is 4.79 Å². The molecule has 4 rings (SSSR count). The highest BCUT2D eigenvalue weighted by molar-refractivity contribution is 7.99. The third-order valence-electron chi connectivity index (χ3n) is 4.85. The normalized spacial score (nSPS) is 10.7. The number of hydrogen-bond acceptors (Lipinski definition) is 4. The minimum Gasteiger partial charge on any atom is -0.497 e. The van der Waals surface area contributed by atoms with Crippen molar-refractivity contribution in [2.45, 2.75) is 11.7 Å². The Kier molecular flexibility index (Phi) is 7.14. The van der Waals surface area contributed by atoms with Crippen LogP contribution in [-0.4, -0.2) is 28.3 Å². The predicted octanol–water partition coefficient (Wildman–Crippen LogP) is 5.99. The molecule has 0 aliphatic heterocycles. The largest absolute Gasteiger partial charge is 0.497 e. The fourth-order valence-electron chi connectivity index (χ4n) is 3.25. The average Bonchev–Trinajstić information content (AvgIpc) is 3.22. The second kappa shape index (κ2) is 10.4. The lowest BCUT2D eigenvalue weighted by atomic mass is 10.1. The van der Waals surface area contributed by atoms with E-state index >= 15 is 0 Å². The monoisotopic (exact) mass is 463 g/mol. The van der Waals surface area contributed by atoms with Crippen molar-refractivity contribution in [3.63, 3.8) is 0 Å². The molecule has 0 saturated heterocycles. The van der Waals surface area contributed by atoms with Crippen LogP contribution in [0.1, 0.15) is 5.56 Å². The first-order valence-electron chi connectivity index (χ1n) is 10.0. The van der Waals surface area contributed by atoms with Crippen LogP contribution in [0.25, 0.3) is 11.3 Å². The third-order valence-corrected chi connectivity index (χ3v) is 6.09. The van der Waals surface area contributed by atoms with Gasteiger partial charge >= 0.3 is 0 Å². The molecule has 0 bridgehead atoms. The Hall–Kier alpha value is -3.22. The topological polar surface area (TPSA) is 56.1 Å². The van der Waals surface area contributed by atoms with Crippen molar-refractivity contribution in [2.75, 3.05) is 18.2 Å². The third kappa shape index (κ3) is 5.52. The second-order valence-corrected chi connectivity index (χ2v) is 8.45. The number of carbonyl (C=O) groups excluding carboxylic acids is 1. The second-order valence-electron chi connectivity index (χ2n) is 7.07. The zero-order valence-corrected chi connectivity index (χ0v) is 19.1. The number of imidazole rings is 1. The molecular weight excluding hydrogens is 442 g/mol. The highest BCUT2D eigenvalue weighted by Gasteiger charge is 2.15. The lowest BCUT2D eigenvalue weighted by Crippen LogP contribution is -2.14. The molecule has 1 aromatic heterocycles. The number of anilines is 1. The number of ether oxygens (including phenoxy) is 1. The Morgan fingerprint density at radius 3 is 2.44 bits per heavy atom. The molecule has 1 heterocycles. The molecule has 0 spiro atoms. The molecule has 162 valence electrons. The van der Waals surface area contributed by atoms with Gasteiger partial charge in [0.15, 0.2) is 5.16 Å². The maximum absolute atomic E-state index is 12.5. The minimum absolute atomic E-state index is 0.0995. The molecule has 0 radical (unpaired) electrons. The molecule has 7 heteroatoms. The van der Waals surface area contributed by atoms with Crippen molar-refractivity contribution in [1.82, 2.24) is 9.55 Å². The van der Waals surface area contributed by atoms with Gasteiger partial charge < -0.3 is 14.6 Å². The summed E-state index contributed by atoms with van der Waals surface area (Å²) in [7, 11) is 1.65. The maximum Gasteiger partial charge on any atom is 0.234 e.